The van der Waals surface area contributed by atoms with Crippen molar-refractivity contribution in [2.45, 2.75) is 44.4 Å². The van der Waals surface area contributed by atoms with Gasteiger partial charge in [0, 0.05) is 13.1 Å². The van der Waals surface area contributed by atoms with Crippen LogP contribution in [0.25, 0.3) is 0 Å². The summed E-state index contributed by atoms with van der Waals surface area (Å²) in [5, 5.41) is 9.53. The molecular weight excluding hydrogens is 384 g/mol. The zero-order valence-electron chi connectivity index (χ0n) is 17.6. The van der Waals surface area contributed by atoms with Crippen molar-refractivity contribution >= 4 is 0 Å². The van der Waals surface area contributed by atoms with Gasteiger partial charge in [0.05, 0.1) is 37.8 Å². The number of ether oxygens (including phenoxy) is 2. The third-order valence-electron chi connectivity index (χ3n) is 5.75. The van der Waals surface area contributed by atoms with Gasteiger partial charge in [0.15, 0.2) is 0 Å². The molecule has 3 aromatic rings. The van der Waals surface area contributed by atoms with Crippen LogP contribution in [0.5, 0.6) is 0 Å². The van der Waals surface area contributed by atoms with Gasteiger partial charge in [-0.2, -0.15) is 5.26 Å². The number of nitrogens with zero attached hydrogens (tertiary/aromatic N) is 2. The van der Waals surface area contributed by atoms with Crippen LogP contribution in [0.4, 0.5) is 0 Å². The molecule has 0 aliphatic carbocycles. The minimum atomic E-state index is -0.160. The molecule has 0 amide bonds. The fourth-order valence-corrected chi connectivity index (χ4v) is 4.17. The van der Waals surface area contributed by atoms with E-state index in [2.05, 4.69) is 59.5 Å². The first-order chi connectivity index (χ1) is 15.3. The minimum Gasteiger partial charge on any atom is -0.369 e. The Labute approximate surface area is 184 Å². The lowest BCUT2D eigenvalue weighted by atomic mass is 10.1. The average molecular weight is 413 g/mol. The summed E-state index contributed by atoms with van der Waals surface area (Å²) >= 11 is 0. The van der Waals surface area contributed by atoms with E-state index in [0.29, 0.717) is 19.6 Å². The highest BCUT2D eigenvalue weighted by atomic mass is 16.5. The van der Waals surface area contributed by atoms with Gasteiger partial charge in [0.2, 0.25) is 0 Å². The van der Waals surface area contributed by atoms with Crippen molar-refractivity contribution in [3.05, 3.63) is 108 Å². The molecule has 31 heavy (non-hydrogen) atoms. The van der Waals surface area contributed by atoms with Crippen LogP contribution in [-0.4, -0.2) is 29.7 Å². The van der Waals surface area contributed by atoms with E-state index in [-0.39, 0.29) is 18.2 Å². The van der Waals surface area contributed by atoms with Crippen molar-refractivity contribution in [3.8, 4) is 6.07 Å². The summed E-state index contributed by atoms with van der Waals surface area (Å²) in [5.74, 6) is 0. The van der Waals surface area contributed by atoms with Gasteiger partial charge in [-0.3, -0.25) is 4.90 Å². The lowest BCUT2D eigenvalue weighted by Crippen LogP contribution is -2.38. The lowest BCUT2D eigenvalue weighted by molar-refractivity contribution is -0.0704. The van der Waals surface area contributed by atoms with Gasteiger partial charge in [0.25, 0.3) is 0 Å². The molecular formula is C27H28N2O2. The maximum Gasteiger partial charge on any atom is 0.102 e. The van der Waals surface area contributed by atoms with E-state index in [1.165, 1.54) is 5.56 Å². The van der Waals surface area contributed by atoms with Gasteiger partial charge >= 0.3 is 0 Å². The molecule has 3 aromatic carbocycles. The molecule has 0 N–H and O–H groups in total. The average Bonchev–Trinajstić information content (AvgIpc) is 3.14. The second-order valence-electron chi connectivity index (χ2n) is 7.94. The van der Waals surface area contributed by atoms with Crippen molar-refractivity contribution in [1.82, 2.24) is 4.90 Å². The first-order valence-electron chi connectivity index (χ1n) is 10.8. The number of rotatable bonds is 9. The van der Waals surface area contributed by atoms with Crippen molar-refractivity contribution in [1.29, 1.82) is 5.26 Å². The number of likely N-dealkylation sites (tertiary alicyclic amines) is 1. The highest BCUT2D eigenvalue weighted by Gasteiger charge is 2.43. The predicted octanol–water partition coefficient (Wildman–Crippen LogP) is 4.96. The molecule has 1 saturated heterocycles. The van der Waals surface area contributed by atoms with Crippen LogP contribution in [0.1, 0.15) is 23.1 Å². The van der Waals surface area contributed by atoms with E-state index in [1.54, 1.807) is 0 Å². The second-order valence-corrected chi connectivity index (χ2v) is 7.94. The zero-order valence-corrected chi connectivity index (χ0v) is 17.6. The summed E-state index contributed by atoms with van der Waals surface area (Å²) in [7, 11) is 0. The summed E-state index contributed by atoms with van der Waals surface area (Å²) in [4.78, 5) is 2.34. The molecule has 0 spiro atoms. The van der Waals surface area contributed by atoms with E-state index in [0.717, 1.165) is 24.2 Å². The Morgan fingerprint density at radius 1 is 0.742 bits per heavy atom. The van der Waals surface area contributed by atoms with Crippen LogP contribution in [-0.2, 0) is 29.2 Å². The van der Waals surface area contributed by atoms with Crippen LogP contribution >= 0.6 is 0 Å². The number of hydrogen-bond acceptors (Lipinski definition) is 4. The molecule has 3 atom stereocenters. The summed E-state index contributed by atoms with van der Waals surface area (Å²) in [6.45, 7) is 2.57. The molecule has 1 aliphatic heterocycles. The van der Waals surface area contributed by atoms with Gasteiger partial charge in [-0.15, -0.1) is 0 Å². The molecule has 0 unspecified atom stereocenters. The van der Waals surface area contributed by atoms with E-state index < -0.39 is 0 Å². The number of benzene rings is 3. The maximum atomic E-state index is 9.53. The lowest BCUT2D eigenvalue weighted by Gasteiger charge is -2.27. The number of hydrogen-bond donors (Lipinski definition) is 0. The molecule has 4 heteroatoms. The maximum absolute atomic E-state index is 9.53. The summed E-state index contributed by atoms with van der Waals surface area (Å²) in [6, 6.07) is 33.1. The Morgan fingerprint density at radius 3 is 1.81 bits per heavy atom. The summed E-state index contributed by atoms with van der Waals surface area (Å²) < 4.78 is 12.8. The van der Waals surface area contributed by atoms with Crippen LogP contribution in [0, 0.1) is 11.3 Å². The second kappa shape index (κ2) is 10.9. The fraction of sp³-hybridized carbons (Fsp3) is 0.296. The van der Waals surface area contributed by atoms with Gasteiger partial charge in [-0.1, -0.05) is 91.0 Å². The molecule has 0 saturated carbocycles. The monoisotopic (exact) mass is 412 g/mol. The Hall–Kier alpha value is -2.97. The van der Waals surface area contributed by atoms with E-state index in [1.807, 2.05) is 42.5 Å². The van der Waals surface area contributed by atoms with Crippen molar-refractivity contribution in [2.24, 2.45) is 0 Å². The Kier molecular flexibility index (Phi) is 7.46. The van der Waals surface area contributed by atoms with Crippen LogP contribution in [0.3, 0.4) is 0 Å². The molecule has 1 fully saturated rings. The first kappa shape index (κ1) is 21.3. The molecule has 0 radical (unpaired) electrons. The first-order valence-corrected chi connectivity index (χ1v) is 10.8. The van der Waals surface area contributed by atoms with Crippen LogP contribution in [0.15, 0.2) is 91.0 Å². The standard InChI is InChI=1S/C27H28N2O2/c28-17-16-25-27(31-21-24-14-8-3-9-15-24)26(30-20-23-12-6-2-7-13-23)19-29(25)18-22-10-4-1-5-11-22/h1-15,25-27H,16,18-21H2/t25-,26-,27-/m1/s1. The van der Waals surface area contributed by atoms with Gasteiger partial charge in [0.1, 0.15) is 6.10 Å². The minimum absolute atomic E-state index is 0.00492. The SMILES string of the molecule is N#CC[C@@H]1[C@@H](OCc2ccccc2)[C@H](OCc2ccccc2)CN1Cc1ccccc1. The quantitative estimate of drug-likeness (QED) is 0.499. The molecule has 4 rings (SSSR count). The Balaban J connectivity index is 1.51. The fourth-order valence-electron chi connectivity index (χ4n) is 4.17. The highest BCUT2D eigenvalue weighted by molar-refractivity contribution is 5.17. The third-order valence-corrected chi connectivity index (χ3v) is 5.75. The third kappa shape index (κ3) is 5.80. The Morgan fingerprint density at radius 2 is 1.26 bits per heavy atom. The van der Waals surface area contributed by atoms with Crippen molar-refractivity contribution in [2.75, 3.05) is 6.54 Å². The van der Waals surface area contributed by atoms with Gasteiger partial charge in [-0.25, -0.2) is 0 Å². The molecule has 4 nitrogen and oxygen atoms in total. The molecule has 0 aromatic heterocycles. The van der Waals surface area contributed by atoms with Gasteiger partial charge < -0.3 is 9.47 Å². The van der Waals surface area contributed by atoms with Crippen molar-refractivity contribution in [3.63, 3.8) is 0 Å². The summed E-state index contributed by atoms with van der Waals surface area (Å²) in [5.41, 5.74) is 3.50. The van der Waals surface area contributed by atoms with E-state index in [9.17, 15) is 5.26 Å². The van der Waals surface area contributed by atoms with E-state index >= 15 is 0 Å². The highest BCUT2D eigenvalue weighted by Crippen LogP contribution is 2.29. The molecule has 1 aliphatic rings. The normalized spacial score (nSPS) is 21.1. The largest absolute Gasteiger partial charge is 0.369 e. The molecule has 158 valence electrons. The van der Waals surface area contributed by atoms with Gasteiger partial charge in [-0.05, 0) is 16.7 Å². The Bertz CT molecular complexity index is 957. The predicted molar refractivity (Wildman–Crippen MR) is 121 cm³/mol. The number of nitriles is 1. The molecule has 0 bridgehead atoms. The molecule has 1 heterocycles. The zero-order chi connectivity index (χ0) is 21.3. The summed E-state index contributed by atoms with van der Waals surface area (Å²) in [6.07, 6.45) is 0.163. The van der Waals surface area contributed by atoms with E-state index in [4.69, 9.17) is 9.47 Å². The van der Waals surface area contributed by atoms with Crippen LogP contribution < -0.4 is 0 Å². The van der Waals surface area contributed by atoms with Crippen molar-refractivity contribution < 1.29 is 9.47 Å². The topological polar surface area (TPSA) is 45.5 Å². The smallest absolute Gasteiger partial charge is 0.102 e. The van der Waals surface area contributed by atoms with Crippen LogP contribution in [0.2, 0.25) is 0 Å².